The summed E-state index contributed by atoms with van der Waals surface area (Å²) in [6, 6.07) is 10.3. The van der Waals surface area contributed by atoms with Crippen molar-refractivity contribution in [1.29, 1.82) is 0 Å². The summed E-state index contributed by atoms with van der Waals surface area (Å²) in [4.78, 5) is 7.90. The van der Waals surface area contributed by atoms with E-state index in [-0.39, 0.29) is 11.7 Å². The quantitative estimate of drug-likeness (QED) is 0.394. The monoisotopic (exact) mass is 492 g/mol. The Balaban J connectivity index is 0.000000270. The van der Waals surface area contributed by atoms with Gasteiger partial charge in [0.1, 0.15) is 17.3 Å². The van der Waals surface area contributed by atoms with Crippen molar-refractivity contribution >= 4 is 21.9 Å². The Kier molecular flexibility index (Phi) is 9.27. The Hall–Kier alpha value is -3.77. The lowest BCUT2D eigenvalue weighted by Crippen LogP contribution is -2.04. The Morgan fingerprint density at radius 2 is 1.56 bits per heavy atom. The maximum absolute atomic E-state index is 10.5. The summed E-state index contributed by atoms with van der Waals surface area (Å²) < 4.78 is 50.4. The summed E-state index contributed by atoms with van der Waals surface area (Å²) in [5, 5.41) is 0. The van der Waals surface area contributed by atoms with Crippen molar-refractivity contribution in [3.05, 3.63) is 59.3 Å². The van der Waals surface area contributed by atoms with Crippen LogP contribution in [0.3, 0.4) is 0 Å². The fourth-order valence-corrected chi connectivity index (χ4v) is 3.60. The van der Waals surface area contributed by atoms with Gasteiger partial charge in [0, 0.05) is 18.2 Å². The first kappa shape index (κ1) is 26.5. The van der Waals surface area contributed by atoms with Gasteiger partial charge in [-0.05, 0) is 35.4 Å². The highest BCUT2D eigenvalue weighted by Crippen LogP contribution is 2.38. The lowest BCUT2D eigenvalue weighted by Gasteiger charge is -2.14. The second-order valence-corrected chi connectivity index (χ2v) is 8.38. The van der Waals surface area contributed by atoms with Crippen molar-refractivity contribution in [2.45, 2.75) is 12.2 Å². The van der Waals surface area contributed by atoms with E-state index >= 15 is 0 Å². The average Bonchev–Trinajstić information content (AvgIpc) is 2.79. The standard InChI is InChI=1S/C14H18N4O3.C8H10O4S/c1-19-10-5-8(6-11(20-2)12(10)21-3)4-9-7-17-14(16)18-13(9)15;1-12-8-4-2-3-7(5-8)6-13(9,10)11/h5-7H,4H2,1-3H3,(H4,15,16,17,18);2-5H,6H2,1H3,(H,9,10,11). The number of hydrogen-bond donors (Lipinski definition) is 3. The van der Waals surface area contributed by atoms with Gasteiger partial charge >= 0.3 is 0 Å². The molecule has 3 aromatic rings. The van der Waals surface area contributed by atoms with Crippen LogP contribution in [0.25, 0.3) is 0 Å². The molecule has 0 aliphatic heterocycles. The summed E-state index contributed by atoms with van der Waals surface area (Å²) in [7, 11) is 2.24. The van der Waals surface area contributed by atoms with Crippen molar-refractivity contribution in [2.24, 2.45) is 0 Å². The summed E-state index contributed by atoms with van der Waals surface area (Å²) in [5.41, 5.74) is 13.6. The molecule has 5 N–H and O–H groups in total. The summed E-state index contributed by atoms with van der Waals surface area (Å²) in [6.45, 7) is 0. The van der Waals surface area contributed by atoms with E-state index in [1.807, 2.05) is 12.1 Å². The number of ether oxygens (including phenoxy) is 4. The third-order valence-electron chi connectivity index (χ3n) is 4.52. The summed E-state index contributed by atoms with van der Waals surface area (Å²) in [6.07, 6.45) is 2.14. The predicted molar refractivity (Wildman–Crippen MR) is 128 cm³/mol. The molecule has 0 radical (unpaired) electrons. The SMILES string of the molecule is COc1cc(Cc2cnc(N)nc2N)cc(OC)c1OC.COc1cccc(CS(=O)(=O)O)c1. The Bertz CT molecular complexity index is 1190. The first-order valence-corrected chi connectivity index (χ1v) is 11.4. The number of methoxy groups -OCH3 is 4. The minimum absolute atomic E-state index is 0.154. The Morgan fingerprint density at radius 3 is 2.06 bits per heavy atom. The molecule has 0 aliphatic rings. The second kappa shape index (κ2) is 11.9. The first-order valence-electron chi connectivity index (χ1n) is 9.84. The minimum Gasteiger partial charge on any atom is -0.497 e. The number of anilines is 2. The van der Waals surface area contributed by atoms with Crippen LogP contribution >= 0.6 is 0 Å². The Morgan fingerprint density at radius 1 is 0.912 bits per heavy atom. The van der Waals surface area contributed by atoms with Gasteiger partial charge in [0.25, 0.3) is 10.1 Å². The molecule has 0 saturated heterocycles. The molecular formula is C22H28N4O7S. The fraction of sp³-hybridized carbons (Fsp3) is 0.273. The zero-order valence-corrected chi connectivity index (χ0v) is 20.1. The second-order valence-electron chi connectivity index (χ2n) is 6.93. The number of benzene rings is 2. The van der Waals surface area contributed by atoms with Gasteiger partial charge in [-0.1, -0.05) is 12.1 Å². The van der Waals surface area contributed by atoms with Crippen LogP contribution in [0.1, 0.15) is 16.7 Å². The van der Waals surface area contributed by atoms with Crippen LogP contribution < -0.4 is 30.4 Å². The molecule has 2 aromatic carbocycles. The predicted octanol–water partition coefficient (Wildman–Crippen LogP) is 2.34. The van der Waals surface area contributed by atoms with Crippen LogP contribution in [-0.4, -0.2) is 51.4 Å². The molecule has 0 aliphatic carbocycles. The van der Waals surface area contributed by atoms with Crippen molar-refractivity contribution < 1.29 is 31.9 Å². The molecule has 0 bridgehead atoms. The molecule has 1 heterocycles. The highest BCUT2D eigenvalue weighted by atomic mass is 32.2. The van der Waals surface area contributed by atoms with Gasteiger partial charge in [0.05, 0.1) is 28.4 Å². The number of nitrogen functional groups attached to an aromatic ring is 2. The number of nitrogens with two attached hydrogens (primary N) is 2. The molecular weight excluding hydrogens is 464 g/mol. The molecule has 3 rings (SSSR count). The van der Waals surface area contributed by atoms with Gasteiger partial charge in [0.15, 0.2) is 11.5 Å². The summed E-state index contributed by atoms with van der Waals surface area (Å²) in [5.74, 6) is 2.41. The summed E-state index contributed by atoms with van der Waals surface area (Å²) >= 11 is 0. The van der Waals surface area contributed by atoms with Gasteiger partial charge in [-0.15, -0.1) is 0 Å². The normalized spacial score (nSPS) is 10.6. The van der Waals surface area contributed by atoms with E-state index in [4.69, 9.17) is 35.0 Å². The van der Waals surface area contributed by atoms with E-state index in [0.29, 0.717) is 40.8 Å². The van der Waals surface area contributed by atoms with Gasteiger partial charge in [-0.25, -0.2) is 4.98 Å². The van der Waals surface area contributed by atoms with Crippen LogP contribution in [0.5, 0.6) is 23.0 Å². The number of aromatic nitrogens is 2. The highest BCUT2D eigenvalue weighted by molar-refractivity contribution is 7.85. The van der Waals surface area contributed by atoms with Crippen LogP contribution in [0.4, 0.5) is 11.8 Å². The first-order chi connectivity index (χ1) is 16.1. The lowest BCUT2D eigenvalue weighted by atomic mass is 10.1. The van der Waals surface area contributed by atoms with Crippen molar-refractivity contribution in [2.75, 3.05) is 39.9 Å². The molecule has 0 saturated carbocycles. The van der Waals surface area contributed by atoms with E-state index in [0.717, 1.165) is 11.1 Å². The molecule has 0 amide bonds. The molecule has 184 valence electrons. The van der Waals surface area contributed by atoms with E-state index in [9.17, 15) is 8.42 Å². The molecule has 0 spiro atoms. The van der Waals surface area contributed by atoms with Crippen LogP contribution in [0, 0.1) is 0 Å². The zero-order chi connectivity index (χ0) is 25.3. The smallest absolute Gasteiger partial charge is 0.269 e. The van der Waals surface area contributed by atoms with E-state index in [1.54, 1.807) is 51.8 Å². The van der Waals surface area contributed by atoms with Gasteiger partial charge in [-0.2, -0.15) is 13.4 Å². The maximum Gasteiger partial charge on any atom is 0.269 e. The van der Waals surface area contributed by atoms with E-state index in [2.05, 4.69) is 9.97 Å². The Labute approximate surface area is 198 Å². The van der Waals surface area contributed by atoms with Crippen molar-refractivity contribution in [1.82, 2.24) is 9.97 Å². The van der Waals surface area contributed by atoms with Crippen LogP contribution in [0.2, 0.25) is 0 Å². The zero-order valence-electron chi connectivity index (χ0n) is 19.3. The number of rotatable bonds is 8. The largest absolute Gasteiger partial charge is 0.497 e. The maximum atomic E-state index is 10.5. The third-order valence-corrected chi connectivity index (χ3v) is 5.22. The number of nitrogens with zero attached hydrogens (tertiary/aromatic N) is 2. The van der Waals surface area contributed by atoms with Crippen LogP contribution in [-0.2, 0) is 22.3 Å². The van der Waals surface area contributed by atoms with Gasteiger partial charge in [0.2, 0.25) is 11.7 Å². The van der Waals surface area contributed by atoms with Gasteiger partial charge in [-0.3, -0.25) is 4.55 Å². The minimum atomic E-state index is -3.96. The molecule has 0 atom stereocenters. The molecule has 34 heavy (non-hydrogen) atoms. The van der Waals surface area contributed by atoms with E-state index in [1.165, 1.54) is 7.11 Å². The van der Waals surface area contributed by atoms with Crippen LogP contribution in [0.15, 0.2) is 42.6 Å². The highest BCUT2D eigenvalue weighted by Gasteiger charge is 2.14. The third kappa shape index (κ3) is 7.67. The fourth-order valence-electron chi connectivity index (χ4n) is 3.00. The molecule has 12 heteroatoms. The van der Waals surface area contributed by atoms with Gasteiger partial charge < -0.3 is 30.4 Å². The number of hydrogen-bond acceptors (Lipinski definition) is 10. The molecule has 0 fully saturated rings. The molecule has 11 nitrogen and oxygen atoms in total. The van der Waals surface area contributed by atoms with Crippen molar-refractivity contribution in [3.8, 4) is 23.0 Å². The molecule has 0 unspecified atom stereocenters. The van der Waals surface area contributed by atoms with E-state index < -0.39 is 10.1 Å². The average molecular weight is 493 g/mol. The van der Waals surface area contributed by atoms with Crippen molar-refractivity contribution in [3.63, 3.8) is 0 Å². The lowest BCUT2D eigenvalue weighted by molar-refractivity contribution is 0.324. The molecule has 1 aromatic heterocycles. The topological polar surface area (TPSA) is 169 Å².